The fourth-order valence-corrected chi connectivity index (χ4v) is 3.95. The van der Waals surface area contributed by atoms with Crippen molar-refractivity contribution in [3.8, 4) is 0 Å². The lowest BCUT2D eigenvalue weighted by Crippen LogP contribution is -2.46. The van der Waals surface area contributed by atoms with Gasteiger partial charge < -0.3 is 4.57 Å². The summed E-state index contributed by atoms with van der Waals surface area (Å²) in [5.41, 5.74) is 2.43. The Morgan fingerprint density at radius 2 is 2.14 bits per heavy atom. The van der Waals surface area contributed by atoms with E-state index in [0.717, 1.165) is 37.7 Å². The largest absolute Gasteiger partial charge is 0.312 e. The lowest BCUT2D eigenvalue weighted by molar-refractivity contribution is 0.113. The van der Waals surface area contributed by atoms with E-state index in [1.54, 1.807) is 6.07 Å². The number of aryl methyl sites for hydroxylation is 1. The second kappa shape index (κ2) is 5.32. The van der Waals surface area contributed by atoms with Crippen LogP contribution in [0.4, 0.5) is 0 Å². The van der Waals surface area contributed by atoms with E-state index >= 15 is 0 Å². The Kier molecular flexibility index (Phi) is 3.30. The predicted octanol–water partition coefficient (Wildman–Crippen LogP) is 1.57. The van der Waals surface area contributed by atoms with Crippen LogP contribution >= 0.6 is 0 Å². The SMILES string of the molecule is Cc1nccc(CN2CC3CC(C2)c2cccc(=O)n2C3)n1. The van der Waals surface area contributed by atoms with Gasteiger partial charge in [0, 0.05) is 50.1 Å². The maximum absolute atomic E-state index is 12.0. The molecule has 1 fully saturated rings. The molecule has 22 heavy (non-hydrogen) atoms. The second-order valence-corrected chi connectivity index (χ2v) is 6.49. The van der Waals surface area contributed by atoms with Gasteiger partial charge in [0.05, 0.1) is 5.69 Å². The molecule has 4 rings (SSSR count). The molecule has 0 aromatic carbocycles. The van der Waals surface area contributed by atoms with E-state index in [9.17, 15) is 4.79 Å². The highest BCUT2D eigenvalue weighted by molar-refractivity contribution is 5.17. The van der Waals surface area contributed by atoms with Crippen LogP contribution in [0.2, 0.25) is 0 Å². The van der Waals surface area contributed by atoms with Gasteiger partial charge in [0.1, 0.15) is 5.82 Å². The summed E-state index contributed by atoms with van der Waals surface area (Å²) < 4.78 is 1.98. The molecule has 2 bridgehead atoms. The van der Waals surface area contributed by atoms with Crippen LogP contribution in [0, 0.1) is 12.8 Å². The molecule has 2 unspecified atom stereocenters. The Balaban J connectivity index is 1.57. The Hall–Kier alpha value is -2.01. The molecule has 0 spiro atoms. The van der Waals surface area contributed by atoms with Gasteiger partial charge in [0.25, 0.3) is 5.56 Å². The van der Waals surface area contributed by atoms with Crippen LogP contribution in [0.25, 0.3) is 0 Å². The van der Waals surface area contributed by atoms with E-state index in [0.29, 0.717) is 11.8 Å². The van der Waals surface area contributed by atoms with Crippen LogP contribution < -0.4 is 5.56 Å². The Bertz CT molecular complexity index is 754. The number of likely N-dealkylation sites (tertiary alicyclic amines) is 1. The lowest BCUT2D eigenvalue weighted by Gasteiger charge is -2.42. The van der Waals surface area contributed by atoms with Gasteiger partial charge >= 0.3 is 0 Å². The van der Waals surface area contributed by atoms with Crippen molar-refractivity contribution in [3.05, 3.63) is 58.0 Å². The number of pyridine rings is 1. The molecular weight excluding hydrogens is 276 g/mol. The minimum Gasteiger partial charge on any atom is -0.312 e. The average Bonchev–Trinajstić information content (AvgIpc) is 2.48. The van der Waals surface area contributed by atoms with Gasteiger partial charge in [0.15, 0.2) is 0 Å². The van der Waals surface area contributed by atoms with Gasteiger partial charge in [0.2, 0.25) is 0 Å². The van der Waals surface area contributed by atoms with E-state index in [2.05, 4.69) is 20.9 Å². The van der Waals surface area contributed by atoms with Gasteiger partial charge in [-0.05, 0) is 31.4 Å². The van der Waals surface area contributed by atoms with Crippen molar-refractivity contribution in [2.45, 2.75) is 32.4 Å². The van der Waals surface area contributed by atoms with E-state index in [4.69, 9.17) is 0 Å². The van der Waals surface area contributed by atoms with Crippen LogP contribution in [0.3, 0.4) is 0 Å². The van der Waals surface area contributed by atoms with E-state index in [-0.39, 0.29) is 5.56 Å². The molecule has 2 aliphatic rings. The quantitative estimate of drug-likeness (QED) is 0.844. The fraction of sp³-hybridized carbons (Fsp3) is 0.471. The smallest absolute Gasteiger partial charge is 0.250 e. The predicted molar refractivity (Wildman–Crippen MR) is 83.6 cm³/mol. The zero-order chi connectivity index (χ0) is 15.1. The van der Waals surface area contributed by atoms with Crippen LogP contribution in [0.5, 0.6) is 0 Å². The van der Waals surface area contributed by atoms with Gasteiger partial charge in [-0.3, -0.25) is 9.69 Å². The first-order valence-electron chi connectivity index (χ1n) is 7.89. The third-order valence-corrected chi connectivity index (χ3v) is 4.77. The third kappa shape index (κ3) is 2.46. The van der Waals surface area contributed by atoms with Crippen molar-refractivity contribution in [3.63, 3.8) is 0 Å². The minimum absolute atomic E-state index is 0.145. The molecule has 0 radical (unpaired) electrons. The van der Waals surface area contributed by atoms with Crippen LogP contribution in [0.15, 0.2) is 35.3 Å². The lowest BCUT2D eigenvalue weighted by atomic mass is 9.83. The summed E-state index contributed by atoms with van der Waals surface area (Å²) in [5, 5.41) is 0. The Morgan fingerprint density at radius 3 is 3.00 bits per heavy atom. The normalized spacial score (nSPS) is 24.0. The minimum atomic E-state index is 0.145. The zero-order valence-electron chi connectivity index (χ0n) is 12.8. The molecule has 0 amide bonds. The summed E-state index contributed by atoms with van der Waals surface area (Å²) in [6.45, 7) is 5.69. The number of hydrogen-bond donors (Lipinski definition) is 0. The highest BCUT2D eigenvalue weighted by Crippen LogP contribution is 2.35. The molecule has 5 nitrogen and oxygen atoms in total. The zero-order valence-corrected chi connectivity index (χ0v) is 12.8. The molecule has 1 saturated heterocycles. The summed E-state index contributed by atoms with van der Waals surface area (Å²) in [5.74, 6) is 1.85. The summed E-state index contributed by atoms with van der Waals surface area (Å²) in [4.78, 5) is 23.2. The number of hydrogen-bond acceptors (Lipinski definition) is 4. The topological polar surface area (TPSA) is 51.0 Å². The monoisotopic (exact) mass is 296 g/mol. The summed E-state index contributed by atoms with van der Waals surface area (Å²) in [6.07, 6.45) is 3.03. The van der Waals surface area contributed by atoms with E-state index < -0.39 is 0 Å². The molecule has 2 aromatic heterocycles. The van der Waals surface area contributed by atoms with Crippen LogP contribution in [0.1, 0.15) is 29.6 Å². The average molecular weight is 296 g/mol. The molecule has 114 valence electrons. The Morgan fingerprint density at radius 1 is 1.23 bits per heavy atom. The summed E-state index contributed by atoms with van der Waals surface area (Å²) in [7, 11) is 0. The first-order valence-corrected chi connectivity index (χ1v) is 7.89. The molecule has 2 aromatic rings. The van der Waals surface area contributed by atoms with Crippen LogP contribution in [-0.2, 0) is 13.1 Å². The van der Waals surface area contributed by atoms with Crippen molar-refractivity contribution in [1.29, 1.82) is 0 Å². The highest BCUT2D eigenvalue weighted by atomic mass is 16.1. The highest BCUT2D eigenvalue weighted by Gasteiger charge is 2.34. The Labute approximate surface area is 129 Å². The summed E-state index contributed by atoms with van der Waals surface area (Å²) >= 11 is 0. The number of nitrogens with zero attached hydrogens (tertiary/aromatic N) is 4. The maximum Gasteiger partial charge on any atom is 0.250 e. The molecule has 0 saturated carbocycles. The van der Waals surface area contributed by atoms with E-state index in [1.165, 1.54) is 12.1 Å². The first kappa shape index (κ1) is 13.6. The van der Waals surface area contributed by atoms with Crippen LogP contribution in [-0.4, -0.2) is 32.5 Å². The van der Waals surface area contributed by atoms with Crippen molar-refractivity contribution in [2.75, 3.05) is 13.1 Å². The van der Waals surface area contributed by atoms with Gasteiger partial charge in [-0.25, -0.2) is 9.97 Å². The standard InChI is InChI=1S/C17H20N4O/c1-12-18-6-5-15(19-12)11-20-8-13-7-14(10-20)16-3-2-4-17(22)21(16)9-13/h2-6,13-14H,7-11H2,1H3. The molecule has 2 atom stereocenters. The number of piperidine rings is 1. The second-order valence-electron chi connectivity index (χ2n) is 6.49. The maximum atomic E-state index is 12.0. The first-order chi connectivity index (χ1) is 10.7. The molecule has 0 aliphatic carbocycles. The molecular formula is C17H20N4O. The summed E-state index contributed by atoms with van der Waals surface area (Å²) in [6, 6.07) is 7.67. The van der Waals surface area contributed by atoms with Crippen molar-refractivity contribution in [2.24, 2.45) is 5.92 Å². The number of aromatic nitrogens is 3. The van der Waals surface area contributed by atoms with Crippen molar-refractivity contribution in [1.82, 2.24) is 19.4 Å². The van der Waals surface area contributed by atoms with Gasteiger partial charge in [-0.15, -0.1) is 0 Å². The number of fused-ring (bicyclic) bond motifs is 4. The fourth-order valence-electron chi connectivity index (χ4n) is 3.95. The van der Waals surface area contributed by atoms with Gasteiger partial charge in [-0.1, -0.05) is 6.07 Å². The van der Waals surface area contributed by atoms with Gasteiger partial charge in [-0.2, -0.15) is 0 Å². The molecule has 5 heteroatoms. The van der Waals surface area contributed by atoms with Crippen molar-refractivity contribution >= 4 is 0 Å². The number of rotatable bonds is 2. The molecule has 2 aliphatic heterocycles. The molecule has 4 heterocycles. The molecule has 0 N–H and O–H groups in total. The van der Waals surface area contributed by atoms with Crippen molar-refractivity contribution < 1.29 is 0 Å². The third-order valence-electron chi connectivity index (χ3n) is 4.77. The van der Waals surface area contributed by atoms with E-state index in [1.807, 2.05) is 29.8 Å².